The smallest absolute Gasteiger partial charge is 0.232 e. The largest absolute Gasteiger partial charge is 0.316 e. The van der Waals surface area contributed by atoms with Crippen LogP contribution in [0.25, 0.3) is 0 Å². The molecule has 1 unspecified atom stereocenters. The second-order valence-corrected chi connectivity index (χ2v) is 7.15. The van der Waals surface area contributed by atoms with Crippen LogP contribution in [0.3, 0.4) is 0 Å². The van der Waals surface area contributed by atoms with Crippen LogP contribution in [0.2, 0.25) is 0 Å². The number of nitrogens with zero attached hydrogens (tertiary/aromatic N) is 1. The molecule has 1 atom stereocenters. The quantitative estimate of drug-likeness (QED) is 0.902. The van der Waals surface area contributed by atoms with Crippen LogP contribution >= 0.6 is 11.3 Å². The van der Waals surface area contributed by atoms with Gasteiger partial charge in [-0.15, -0.1) is 11.3 Å². The first-order valence-corrected chi connectivity index (χ1v) is 8.58. The van der Waals surface area contributed by atoms with Gasteiger partial charge >= 0.3 is 0 Å². The SMILES string of the molecule is CCC1(C(=O)Nc2sc3c(c2C#N)CCC3)CCCNC1. The summed E-state index contributed by atoms with van der Waals surface area (Å²) in [4.78, 5) is 14.0. The molecule has 0 bridgehead atoms. The van der Waals surface area contributed by atoms with Crippen molar-refractivity contribution in [3.8, 4) is 6.07 Å². The zero-order valence-electron chi connectivity index (χ0n) is 12.4. The van der Waals surface area contributed by atoms with Gasteiger partial charge in [0, 0.05) is 11.4 Å². The first-order valence-electron chi connectivity index (χ1n) is 7.77. The molecule has 1 amide bonds. The second-order valence-electron chi connectivity index (χ2n) is 6.04. The molecule has 1 aliphatic carbocycles. The van der Waals surface area contributed by atoms with Gasteiger partial charge in [-0.1, -0.05) is 6.92 Å². The highest BCUT2D eigenvalue weighted by atomic mass is 32.1. The number of piperidine rings is 1. The maximum Gasteiger partial charge on any atom is 0.232 e. The van der Waals surface area contributed by atoms with E-state index in [1.807, 2.05) is 0 Å². The van der Waals surface area contributed by atoms with E-state index < -0.39 is 0 Å². The van der Waals surface area contributed by atoms with Crippen molar-refractivity contribution in [2.75, 3.05) is 18.4 Å². The molecule has 2 aliphatic rings. The van der Waals surface area contributed by atoms with Gasteiger partial charge in [-0.25, -0.2) is 0 Å². The molecule has 0 spiro atoms. The van der Waals surface area contributed by atoms with Gasteiger partial charge in [-0.2, -0.15) is 5.26 Å². The zero-order valence-corrected chi connectivity index (χ0v) is 13.2. The Morgan fingerprint density at radius 2 is 2.33 bits per heavy atom. The molecule has 2 N–H and O–H groups in total. The molecule has 4 nitrogen and oxygen atoms in total. The van der Waals surface area contributed by atoms with E-state index in [2.05, 4.69) is 23.6 Å². The highest BCUT2D eigenvalue weighted by molar-refractivity contribution is 7.16. The number of carbonyl (C=O) groups excluding carboxylic acids is 1. The minimum Gasteiger partial charge on any atom is -0.316 e. The van der Waals surface area contributed by atoms with Crippen LogP contribution < -0.4 is 10.6 Å². The Morgan fingerprint density at radius 3 is 3.00 bits per heavy atom. The summed E-state index contributed by atoms with van der Waals surface area (Å²) in [6.07, 6.45) is 5.95. The first kappa shape index (κ1) is 14.6. The summed E-state index contributed by atoms with van der Waals surface area (Å²) >= 11 is 1.60. The predicted octanol–water partition coefficient (Wildman–Crippen LogP) is 2.83. The average Bonchev–Trinajstić information content (AvgIpc) is 3.08. The molecule has 112 valence electrons. The minimum absolute atomic E-state index is 0.0774. The molecule has 3 rings (SSSR count). The number of hydrogen-bond acceptors (Lipinski definition) is 4. The van der Waals surface area contributed by atoms with Gasteiger partial charge in [0.25, 0.3) is 0 Å². The third-order valence-corrected chi connectivity index (χ3v) is 6.10. The summed E-state index contributed by atoms with van der Waals surface area (Å²) in [5.74, 6) is 0.0774. The van der Waals surface area contributed by atoms with E-state index in [0.29, 0.717) is 5.56 Å². The normalized spacial score (nSPS) is 24.4. The lowest BCUT2D eigenvalue weighted by Gasteiger charge is -2.35. The number of nitrogens with one attached hydrogen (secondary N) is 2. The van der Waals surface area contributed by atoms with E-state index in [9.17, 15) is 10.1 Å². The van der Waals surface area contributed by atoms with E-state index in [4.69, 9.17) is 0 Å². The Morgan fingerprint density at radius 1 is 1.48 bits per heavy atom. The monoisotopic (exact) mass is 303 g/mol. The number of rotatable bonds is 3. The number of fused-ring (bicyclic) bond motifs is 1. The summed E-state index contributed by atoms with van der Waals surface area (Å²) in [7, 11) is 0. The van der Waals surface area contributed by atoms with Crippen LogP contribution in [0.4, 0.5) is 5.00 Å². The number of hydrogen-bond donors (Lipinski definition) is 2. The van der Waals surface area contributed by atoms with Crippen molar-refractivity contribution < 1.29 is 4.79 Å². The Kier molecular flexibility index (Phi) is 4.01. The minimum atomic E-state index is -0.320. The molecule has 1 aromatic rings. The van der Waals surface area contributed by atoms with Gasteiger partial charge in [-0.3, -0.25) is 4.79 Å². The summed E-state index contributed by atoms with van der Waals surface area (Å²) in [5, 5.41) is 16.6. The van der Waals surface area contributed by atoms with Crippen molar-refractivity contribution in [3.63, 3.8) is 0 Å². The average molecular weight is 303 g/mol. The Balaban J connectivity index is 1.83. The molecular weight excluding hydrogens is 282 g/mol. The maximum atomic E-state index is 12.8. The Labute approximate surface area is 129 Å². The number of carbonyl (C=O) groups is 1. The van der Waals surface area contributed by atoms with Crippen molar-refractivity contribution in [1.29, 1.82) is 5.26 Å². The number of thiophene rings is 1. The summed E-state index contributed by atoms with van der Waals surface area (Å²) < 4.78 is 0. The van der Waals surface area contributed by atoms with E-state index in [-0.39, 0.29) is 11.3 Å². The summed E-state index contributed by atoms with van der Waals surface area (Å²) in [5.41, 5.74) is 1.56. The van der Waals surface area contributed by atoms with Crippen molar-refractivity contribution in [1.82, 2.24) is 5.32 Å². The van der Waals surface area contributed by atoms with Crippen molar-refractivity contribution in [2.24, 2.45) is 5.41 Å². The predicted molar refractivity (Wildman–Crippen MR) is 84.5 cm³/mol. The molecule has 21 heavy (non-hydrogen) atoms. The lowest BCUT2D eigenvalue weighted by atomic mass is 9.77. The van der Waals surface area contributed by atoms with Crippen molar-refractivity contribution >= 4 is 22.2 Å². The lowest BCUT2D eigenvalue weighted by molar-refractivity contribution is -0.126. The fourth-order valence-electron chi connectivity index (χ4n) is 3.47. The third kappa shape index (κ3) is 2.47. The summed E-state index contributed by atoms with van der Waals surface area (Å²) in [6.45, 7) is 3.81. The molecule has 1 aliphatic heterocycles. The molecule has 0 saturated carbocycles. The number of nitriles is 1. The molecular formula is C16H21N3OS. The van der Waals surface area contributed by atoms with Crippen LogP contribution in [0.15, 0.2) is 0 Å². The first-order chi connectivity index (χ1) is 10.2. The number of anilines is 1. The number of amides is 1. The van der Waals surface area contributed by atoms with Crippen LogP contribution in [-0.4, -0.2) is 19.0 Å². The van der Waals surface area contributed by atoms with Gasteiger partial charge in [0.15, 0.2) is 0 Å². The van der Waals surface area contributed by atoms with Crippen LogP contribution in [0.5, 0.6) is 0 Å². The topological polar surface area (TPSA) is 64.9 Å². The van der Waals surface area contributed by atoms with E-state index in [1.54, 1.807) is 11.3 Å². The van der Waals surface area contributed by atoms with E-state index in [1.165, 1.54) is 10.4 Å². The fraction of sp³-hybridized carbons (Fsp3) is 0.625. The van der Waals surface area contributed by atoms with Gasteiger partial charge in [0.05, 0.1) is 11.0 Å². The fourth-order valence-corrected chi connectivity index (χ4v) is 4.71. The maximum absolute atomic E-state index is 12.8. The second kappa shape index (κ2) is 5.78. The molecule has 0 radical (unpaired) electrons. The Hall–Kier alpha value is -1.38. The van der Waals surface area contributed by atoms with Crippen LogP contribution in [-0.2, 0) is 17.6 Å². The highest BCUT2D eigenvalue weighted by Gasteiger charge is 2.38. The Bertz CT molecular complexity index is 593. The van der Waals surface area contributed by atoms with Gasteiger partial charge in [0.1, 0.15) is 11.1 Å². The van der Waals surface area contributed by atoms with Crippen molar-refractivity contribution in [2.45, 2.75) is 45.4 Å². The summed E-state index contributed by atoms with van der Waals surface area (Å²) in [6, 6.07) is 2.29. The molecule has 1 fully saturated rings. The molecule has 5 heteroatoms. The number of aryl methyl sites for hydroxylation is 1. The highest BCUT2D eigenvalue weighted by Crippen LogP contribution is 2.40. The van der Waals surface area contributed by atoms with Gasteiger partial charge in [-0.05, 0) is 50.6 Å². The molecule has 0 aromatic carbocycles. The lowest BCUT2D eigenvalue weighted by Crippen LogP contribution is -2.47. The van der Waals surface area contributed by atoms with E-state index in [0.717, 1.165) is 56.6 Å². The van der Waals surface area contributed by atoms with Crippen LogP contribution in [0, 0.1) is 16.7 Å². The van der Waals surface area contributed by atoms with Gasteiger partial charge in [0.2, 0.25) is 5.91 Å². The van der Waals surface area contributed by atoms with E-state index >= 15 is 0 Å². The third-order valence-electron chi connectivity index (χ3n) is 4.89. The molecule has 1 saturated heterocycles. The zero-order chi connectivity index (χ0) is 14.9. The standard InChI is InChI=1S/C16H21N3OS/c1-2-16(7-4-8-18-10-16)15(20)19-14-12(9-17)11-5-3-6-13(11)21-14/h18H,2-8,10H2,1H3,(H,19,20). The van der Waals surface area contributed by atoms with Crippen molar-refractivity contribution in [3.05, 3.63) is 16.0 Å². The molecule has 2 heterocycles. The van der Waals surface area contributed by atoms with Crippen LogP contribution in [0.1, 0.15) is 48.6 Å². The van der Waals surface area contributed by atoms with Gasteiger partial charge < -0.3 is 10.6 Å². The molecule has 1 aromatic heterocycles.